The highest BCUT2D eigenvalue weighted by molar-refractivity contribution is 5.94. The number of hydrogen-bond donors (Lipinski definition) is 1. The maximum Gasteiger partial charge on any atom is 0.272 e. The van der Waals surface area contributed by atoms with Gasteiger partial charge in [-0.25, -0.2) is 0 Å². The number of amides is 1. The number of benzene rings is 1. The summed E-state index contributed by atoms with van der Waals surface area (Å²) in [6.45, 7) is 3.85. The van der Waals surface area contributed by atoms with Gasteiger partial charge in [0.05, 0.1) is 4.92 Å². The molecular formula is C15H20N2O3. The number of carbonyl (C=O) groups excluding carboxylic acids is 1. The molecule has 1 aromatic rings. The largest absolute Gasteiger partial charge is 0.349 e. The minimum atomic E-state index is -0.431. The Morgan fingerprint density at radius 3 is 2.75 bits per heavy atom. The molecule has 1 aromatic carbocycles. The monoisotopic (exact) mass is 276 g/mol. The lowest BCUT2D eigenvalue weighted by Gasteiger charge is -2.27. The molecule has 108 valence electrons. The van der Waals surface area contributed by atoms with Crippen molar-refractivity contribution in [3.05, 3.63) is 39.4 Å². The van der Waals surface area contributed by atoms with Crippen molar-refractivity contribution in [1.82, 2.24) is 5.32 Å². The number of nitrogens with zero attached hydrogens (tertiary/aromatic N) is 1. The molecule has 0 aliphatic heterocycles. The summed E-state index contributed by atoms with van der Waals surface area (Å²) >= 11 is 0. The third-order valence-electron chi connectivity index (χ3n) is 3.93. The van der Waals surface area contributed by atoms with E-state index in [1.807, 2.05) is 0 Å². The number of carbonyl (C=O) groups is 1. The van der Waals surface area contributed by atoms with E-state index < -0.39 is 4.92 Å². The fraction of sp³-hybridized carbons (Fsp3) is 0.533. The first-order chi connectivity index (χ1) is 9.47. The topological polar surface area (TPSA) is 72.2 Å². The molecule has 1 fully saturated rings. The molecule has 0 saturated heterocycles. The zero-order valence-corrected chi connectivity index (χ0v) is 11.9. The highest BCUT2D eigenvalue weighted by Crippen LogP contribution is 2.24. The van der Waals surface area contributed by atoms with Gasteiger partial charge >= 0.3 is 0 Å². The maximum absolute atomic E-state index is 12.2. The molecule has 0 radical (unpaired) electrons. The second-order valence-corrected chi connectivity index (χ2v) is 5.70. The van der Waals surface area contributed by atoms with E-state index in [4.69, 9.17) is 0 Å². The lowest BCUT2D eigenvalue weighted by atomic mass is 9.87. The molecular weight excluding hydrogens is 256 g/mol. The molecule has 5 heteroatoms. The lowest BCUT2D eigenvalue weighted by Crippen LogP contribution is -2.38. The van der Waals surface area contributed by atoms with E-state index in [0.29, 0.717) is 17.0 Å². The van der Waals surface area contributed by atoms with Crippen LogP contribution in [-0.4, -0.2) is 16.9 Å². The number of nitro groups is 1. The van der Waals surface area contributed by atoms with Crippen molar-refractivity contribution in [2.45, 2.75) is 45.6 Å². The zero-order valence-electron chi connectivity index (χ0n) is 11.9. The van der Waals surface area contributed by atoms with Gasteiger partial charge in [-0.3, -0.25) is 14.9 Å². The van der Waals surface area contributed by atoms with Crippen LogP contribution in [0.5, 0.6) is 0 Å². The lowest BCUT2D eigenvalue weighted by molar-refractivity contribution is -0.385. The number of nitrogens with one attached hydrogen (secondary N) is 1. The van der Waals surface area contributed by atoms with Crippen molar-refractivity contribution in [3.8, 4) is 0 Å². The molecule has 0 bridgehead atoms. The first kappa shape index (κ1) is 14.5. The van der Waals surface area contributed by atoms with Crippen molar-refractivity contribution in [2.75, 3.05) is 0 Å². The van der Waals surface area contributed by atoms with E-state index in [1.54, 1.807) is 13.0 Å². The number of nitro benzene ring substituents is 1. The van der Waals surface area contributed by atoms with Crippen LogP contribution in [0.25, 0.3) is 0 Å². The molecule has 1 N–H and O–H groups in total. The first-order valence-corrected chi connectivity index (χ1v) is 7.03. The van der Waals surface area contributed by atoms with E-state index >= 15 is 0 Å². The summed E-state index contributed by atoms with van der Waals surface area (Å²) in [6, 6.07) is 4.72. The van der Waals surface area contributed by atoms with Crippen molar-refractivity contribution in [2.24, 2.45) is 5.92 Å². The molecule has 2 unspecified atom stereocenters. The van der Waals surface area contributed by atoms with Crippen LogP contribution in [0, 0.1) is 23.0 Å². The second kappa shape index (κ2) is 6.03. The van der Waals surface area contributed by atoms with Crippen LogP contribution >= 0.6 is 0 Å². The van der Waals surface area contributed by atoms with Gasteiger partial charge in [-0.05, 0) is 37.8 Å². The molecule has 1 aliphatic rings. The van der Waals surface area contributed by atoms with Crippen LogP contribution in [0.1, 0.15) is 48.5 Å². The fourth-order valence-electron chi connectivity index (χ4n) is 2.84. The van der Waals surface area contributed by atoms with Gasteiger partial charge in [0.1, 0.15) is 0 Å². The van der Waals surface area contributed by atoms with E-state index in [0.717, 1.165) is 19.3 Å². The van der Waals surface area contributed by atoms with Gasteiger partial charge in [-0.15, -0.1) is 0 Å². The predicted molar refractivity (Wildman–Crippen MR) is 76.7 cm³/mol. The smallest absolute Gasteiger partial charge is 0.272 e. The minimum Gasteiger partial charge on any atom is -0.349 e. The Bertz CT molecular complexity index is 528. The highest BCUT2D eigenvalue weighted by atomic mass is 16.6. The summed E-state index contributed by atoms with van der Waals surface area (Å²) in [4.78, 5) is 22.5. The Morgan fingerprint density at radius 2 is 2.15 bits per heavy atom. The van der Waals surface area contributed by atoms with Crippen LogP contribution in [0.15, 0.2) is 18.2 Å². The van der Waals surface area contributed by atoms with Gasteiger partial charge < -0.3 is 5.32 Å². The zero-order chi connectivity index (χ0) is 14.7. The van der Waals surface area contributed by atoms with Gasteiger partial charge in [-0.1, -0.05) is 19.8 Å². The highest BCUT2D eigenvalue weighted by Gasteiger charge is 2.21. The summed E-state index contributed by atoms with van der Waals surface area (Å²) in [6.07, 6.45) is 4.40. The van der Waals surface area contributed by atoms with E-state index in [-0.39, 0.29) is 17.6 Å². The van der Waals surface area contributed by atoms with Crippen LogP contribution in [-0.2, 0) is 0 Å². The third kappa shape index (κ3) is 3.35. The maximum atomic E-state index is 12.2. The molecule has 1 saturated carbocycles. The third-order valence-corrected chi connectivity index (χ3v) is 3.93. The summed E-state index contributed by atoms with van der Waals surface area (Å²) in [5.74, 6) is 0.509. The molecule has 2 rings (SSSR count). The molecule has 0 heterocycles. The van der Waals surface area contributed by atoms with Gasteiger partial charge in [0.15, 0.2) is 0 Å². The standard InChI is InChI=1S/C15H20N2O3/c1-10-4-3-5-13(8-10)16-15(18)12-6-7-14(17(19)20)11(2)9-12/h6-7,9-10,13H,3-5,8H2,1-2H3,(H,16,18). The molecule has 1 amide bonds. The molecule has 2 atom stereocenters. The van der Waals surface area contributed by atoms with Gasteiger partial charge in [0, 0.05) is 23.2 Å². The van der Waals surface area contributed by atoms with Crippen LogP contribution in [0.2, 0.25) is 0 Å². The summed E-state index contributed by atoms with van der Waals surface area (Å²) in [7, 11) is 0. The van der Waals surface area contributed by atoms with Crippen molar-refractivity contribution in [1.29, 1.82) is 0 Å². The quantitative estimate of drug-likeness (QED) is 0.680. The number of hydrogen-bond acceptors (Lipinski definition) is 3. The second-order valence-electron chi connectivity index (χ2n) is 5.70. The number of aryl methyl sites for hydroxylation is 1. The van der Waals surface area contributed by atoms with Crippen molar-refractivity contribution >= 4 is 11.6 Å². The summed E-state index contributed by atoms with van der Waals surface area (Å²) in [5, 5.41) is 13.8. The molecule has 0 aromatic heterocycles. The van der Waals surface area contributed by atoms with E-state index in [9.17, 15) is 14.9 Å². The van der Waals surface area contributed by atoms with Crippen LogP contribution in [0.3, 0.4) is 0 Å². The van der Waals surface area contributed by atoms with Crippen molar-refractivity contribution in [3.63, 3.8) is 0 Å². The average molecular weight is 276 g/mol. The Hall–Kier alpha value is -1.91. The summed E-state index contributed by atoms with van der Waals surface area (Å²) in [5.41, 5.74) is 1.05. The predicted octanol–water partition coefficient (Wildman–Crippen LogP) is 3.21. The summed E-state index contributed by atoms with van der Waals surface area (Å²) < 4.78 is 0. The number of rotatable bonds is 3. The van der Waals surface area contributed by atoms with Crippen LogP contribution in [0.4, 0.5) is 5.69 Å². The normalized spacial score (nSPS) is 22.3. The van der Waals surface area contributed by atoms with Crippen LogP contribution < -0.4 is 5.32 Å². The van der Waals surface area contributed by atoms with Gasteiger partial charge in [0.2, 0.25) is 0 Å². The molecule has 0 spiro atoms. The Kier molecular flexibility index (Phi) is 4.37. The Balaban J connectivity index is 2.05. The molecule has 5 nitrogen and oxygen atoms in total. The van der Waals surface area contributed by atoms with E-state index in [1.165, 1.54) is 18.6 Å². The van der Waals surface area contributed by atoms with Gasteiger partial charge in [-0.2, -0.15) is 0 Å². The Morgan fingerprint density at radius 1 is 1.40 bits per heavy atom. The molecule has 20 heavy (non-hydrogen) atoms. The fourth-order valence-corrected chi connectivity index (χ4v) is 2.84. The first-order valence-electron chi connectivity index (χ1n) is 7.03. The SMILES string of the molecule is Cc1cc(C(=O)NC2CCCC(C)C2)ccc1[N+](=O)[O-]. The molecule has 1 aliphatic carbocycles. The Labute approximate surface area is 118 Å². The van der Waals surface area contributed by atoms with Crippen molar-refractivity contribution < 1.29 is 9.72 Å². The average Bonchev–Trinajstić information content (AvgIpc) is 2.38. The van der Waals surface area contributed by atoms with Gasteiger partial charge in [0.25, 0.3) is 11.6 Å². The minimum absolute atomic E-state index is 0.0489. The van der Waals surface area contributed by atoms with E-state index in [2.05, 4.69) is 12.2 Å².